The van der Waals surface area contributed by atoms with Crippen molar-refractivity contribution < 1.29 is 23.9 Å². The van der Waals surface area contributed by atoms with Crippen LogP contribution in [0.1, 0.15) is 10.4 Å². The number of ether oxygens (including phenoxy) is 2. The second-order valence-electron chi connectivity index (χ2n) is 6.16. The molecule has 2 aromatic carbocycles. The van der Waals surface area contributed by atoms with E-state index < -0.39 is 18.5 Å². The van der Waals surface area contributed by atoms with E-state index in [0.717, 1.165) is 0 Å². The monoisotopic (exact) mass is 408 g/mol. The molecule has 156 valence electrons. The molecule has 2 amide bonds. The summed E-state index contributed by atoms with van der Waals surface area (Å²) < 4.78 is 10.6. The number of amides is 2. The quantitative estimate of drug-likeness (QED) is 0.456. The Bertz CT molecular complexity index is 868. The summed E-state index contributed by atoms with van der Waals surface area (Å²) in [5, 5.41) is 2.46. The van der Waals surface area contributed by atoms with Crippen molar-refractivity contribution in [2.75, 3.05) is 26.2 Å². The lowest BCUT2D eigenvalue weighted by Gasteiger charge is -2.18. The molecular weight excluding hydrogens is 384 g/mol. The molecule has 30 heavy (non-hydrogen) atoms. The van der Waals surface area contributed by atoms with Gasteiger partial charge in [-0.15, -0.1) is 13.2 Å². The Morgan fingerprint density at radius 2 is 1.50 bits per heavy atom. The molecule has 7 nitrogen and oxygen atoms in total. The minimum atomic E-state index is -0.710. The molecule has 0 aliphatic heterocycles. The molecule has 0 spiro atoms. The van der Waals surface area contributed by atoms with Crippen molar-refractivity contribution in [3.63, 3.8) is 0 Å². The number of rotatable bonds is 11. The molecule has 0 fully saturated rings. The first-order valence-corrected chi connectivity index (χ1v) is 9.30. The van der Waals surface area contributed by atoms with Gasteiger partial charge in [0, 0.05) is 18.7 Å². The maximum atomic E-state index is 12.2. The predicted molar refractivity (Wildman–Crippen MR) is 113 cm³/mol. The second-order valence-corrected chi connectivity index (χ2v) is 6.16. The van der Waals surface area contributed by atoms with E-state index in [1.54, 1.807) is 36.4 Å². The smallest absolute Gasteiger partial charge is 0.325 e. The summed E-state index contributed by atoms with van der Waals surface area (Å²) >= 11 is 0. The zero-order valence-electron chi connectivity index (χ0n) is 16.6. The number of carbonyl (C=O) groups is 3. The molecule has 0 saturated heterocycles. The molecule has 0 saturated carbocycles. The topological polar surface area (TPSA) is 84.9 Å². The fourth-order valence-corrected chi connectivity index (χ4v) is 2.43. The van der Waals surface area contributed by atoms with E-state index in [1.807, 2.05) is 30.3 Å². The maximum absolute atomic E-state index is 12.2. The average Bonchev–Trinajstić information content (AvgIpc) is 2.77. The van der Waals surface area contributed by atoms with Crippen LogP contribution in [0.2, 0.25) is 0 Å². The van der Waals surface area contributed by atoms with Gasteiger partial charge in [0.15, 0.2) is 6.61 Å². The Labute approximate surface area is 175 Å². The molecule has 0 atom stereocenters. The summed E-state index contributed by atoms with van der Waals surface area (Å²) in [6.45, 7) is 7.03. The van der Waals surface area contributed by atoms with Crippen molar-refractivity contribution in [2.45, 2.75) is 0 Å². The van der Waals surface area contributed by atoms with Gasteiger partial charge in [-0.05, 0) is 36.4 Å². The highest BCUT2D eigenvalue weighted by atomic mass is 16.5. The van der Waals surface area contributed by atoms with Gasteiger partial charge in [0.05, 0.1) is 0 Å². The Kier molecular flexibility index (Phi) is 8.86. The third-order valence-electron chi connectivity index (χ3n) is 3.90. The van der Waals surface area contributed by atoms with Crippen LogP contribution in [0.4, 0.5) is 0 Å². The van der Waals surface area contributed by atoms with Gasteiger partial charge in [-0.2, -0.15) is 0 Å². The average molecular weight is 408 g/mol. The van der Waals surface area contributed by atoms with Crippen LogP contribution >= 0.6 is 0 Å². The molecule has 0 aliphatic rings. The molecule has 0 aliphatic carbocycles. The number of esters is 1. The van der Waals surface area contributed by atoms with Gasteiger partial charge in [0.1, 0.15) is 18.0 Å². The van der Waals surface area contributed by atoms with Crippen molar-refractivity contribution in [1.29, 1.82) is 0 Å². The number of para-hydroxylation sites is 1. The molecule has 0 bridgehead atoms. The summed E-state index contributed by atoms with van der Waals surface area (Å²) in [5.41, 5.74) is 0.363. The molecule has 7 heteroatoms. The molecule has 1 N–H and O–H groups in total. The minimum absolute atomic E-state index is 0.323. The molecule has 0 radical (unpaired) electrons. The van der Waals surface area contributed by atoms with Crippen LogP contribution in [0.15, 0.2) is 79.9 Å². The zero-order chi connectivity index (χ0) is 21.8. The summed E-state index contributed by atoms with van der Waals surface area (Å²) in [6.07, 6.45) is 3.14. The highest BCUT2D eigenvalue weighted by Gasteiger charge is 2.14. The van der Waals surface area contributed by atoms with E-state index in [1.165, 1.54) is 4.90 Å². The summed E-state index contributed by atoms with van der Waals surface area (Å²) in [7, 11) is 0. The van der Waals surface area contributed by atoms with Crippen molar-refractivity contribution in [3.05, 3.63) is 85.5 Å². The summed E-state index contributed by atoms with van der Waals surface area (Å²) in [6, 6.07) is 15.8. The lowest BCUT2D eigenvalue weighted by molar-refractivity contribution is -0.150. The lowest BCUT2D eigenvalue weighted by atomic mass is 10.2. The van der Waals surface area contributed by atoms with Crippen LogP contribution in [0, 0.1) is 0 Å². The minimum Gasteiger partial charge on any atom is -0.457 e. The fourth-order valence-electron chi connectivity index (χ4n) is 2.43. The van der Waals surface area contributed by atoms with E-state index >= 15 is 0 Å². The van der Waals surface area contributed by atoms with Gasteiger partial charge >= 0.3 is 5.97 Å². The molecule has 2 aromatic rings. The van der Waals surface area contributed by atoms with Crippen LogP contribution in [-0.4, -0.2) is 48.9 Å². The first-order chi connectivity index (χ1) is 14.5. The standard InChI is InChI=1S/C23H24N2O5/c1-3-14-25(15-4-2)21(26)17-29-22(27)16-24-23(28)18-10-12-20(13-11-18)30-19-8-6-5-7-9-19/h3-13H,1-2,14-17H2,(H,24,28). The Morgan fingerprint density at radius 1 is 0.900 bits per heavy atom. The van der Waals surface area contributed by atoms with Crippen molar-refractivity contribution >= 4 is 17.8 Å². The number of benzene rings is 2. The number of hydrogen-bond donors (Lipinski definition) is 1. The number of nitrogens with one attached hydrogen (secondary N) is 1. The van der Waals surface area contributed by atoms with E-state index in [4.69, 9.17) is 9.47 Å². The van der Waals surface area contributed by atoms with Crippen LogP contribution in [0.5, 0.6) is 11.5 Å². The van der Waals surface area contributed by atoms with Gasteiger partial charge < -0.3 is 19.7 Å². The van der Waals surface area contributed by atoms with Crippen molar-refractivity contribution in [2.24, 2.45) is 0 Å². The van der Waals surface area contributed by atoms with Gasteiger partial charge in [0.25, 0.3) is 11.8 Å². The van der Waals surface area contributed by atoms with Crippen LogP contribution in [-0.2, 0) is 14.3 Å². The second kappa shape index (κ2) is 11.9. The van der Waals surface area contributed by atoms with E-state index in [-0.39, 0.29) is 12.5 Å². The number of nitrogens with zero attached hydrogens (tertiary/aromatic N) is 1. The van der Waals surface area contributed by atoms with Gasteiger partial charge in [-0.3, -0.25) is 14.4 Å². The highest BCUT2D eigenvalue weighted by Crippen LogP contribution is 2.21. The third-order valence-corrected chi connectivity index (χ3v) is 3.90. The van der Waals surface area contributed by atoms with Crippen molar-refractivity contribution in [1.82, 2.24) is 10.2 Å². The predicted octanol–water partition coefficient (Wildman–Crippen LogP) is 2.95. The first-order valence-electron chi connectivity index (χ1n) is 9.30. The van der Waals surface area contributed by atoms with Gasteiger partial charge in [0.2, 0.25) is 0 Å². The van der Waals surface area contributed by atoms with E-state index in [2.05, 4.69) is 18.5 Å². The normalized spacial score (nSPS) is 9.87. The number of hydrogen-bond acceptors (Lipinski definition) is 5. The lowest BCUT2D eigenvalue weighted by Crippen LogP contribution is -2.37. The zero-order valence-corrected chi connectivity index (χ0v) is 16.6. The highest BCUT2D eigenvalue weighted by molar-refractivity contribution is 5.96. The Balaban J connectivity index is 1.77. The molecule has 0 heterocycles. The summed E-state index contributed by atoms with van der Waals surface area (Å²) in [4.78, 5) is 37.4. The molecule has 0 unspecified atom stereocenters. The molecular formula is C23H24N2O5. The van der Waals surface area contributed by atoms with E-state index in [9.17, 15) is 14.4 Å². The van der Waals surface area contributed by atoms with Crippen LogP contribution in [0.3, 0.4) is 0 Å². The summed E-state index contributed by atoms with van der Waals surface area (Å²) in [5.74, 6) is -0.253. The van der Waals surface area contributed by atoms with Gasteiger partial charge in [-0.25, -0.2) is 0 Å². The van der Waals surface area contributed by atoms with E-state index in [0.29, 0.717) is 30.2 Å². The SMILES string of the molecule is C=CCN(CC=C)C(=O)COC(=O)CNC(=O)c1ccc(Oc2ccccc2)cc1. The fraction of sp³-hybridized carbons (Fsp3) is 0.174. The molecule has 2 rings (SSSR count). The third kappa shape index (κ3) is 7.27. The number of carbonyl (C=O) groups excluding carboxylic acids is 3. The Morgan fingerprint density at radius 3 is 2.10 bits per heavy atom. The van der Waals surface area contributed by atoms with Gasteiger partial charge in [-0.1, -0.05) is 30.4 Å². The van der Waals surface area contributed by atoms with Crippen molar-refractivity contribution in [3.8, 4) is 11.5 Å². The van der Waals surface area contributed by atoms with Crippen LogP contribution in [0.25, 0.3) is 0 Å². The Hall–Kier alpha value is -3.87. The first kappa shape index (κ1) is 22.4. The molecule has 0 aromatic heterocycles. The van der Waals surface area contributed by atoms with Crippen LogP contribution < -0.4 is 10.1 Å². The maximum Gasteiger partial charge on any atom is 0.325 e. The largest absolute Gasteiger partial charge is 0.457 e.